The molecule has 27 heavy (non-hydrogen) atoms. The van der Waals surface area contributed by atoms with Gasteiger partial charge in [-0.3, -0.25) is 4.98 Å². The average molecular weight is 395 g/mol. The Hall–Kier alpha value is -2.71. The molecule has 0 aliphatic rings. The van der Waals surface area contributed by atoms with Crippen LogP contribution in [0, 0.1) is 0 Å². The van der Waals surface area contributed by atoms with Gasteiger partial charge in [0.1, 0.15) is 5.82 Å². The predicted octanol–water partition coefficient (Wildman–Crippen LogP) is 3.89. The van der Waals surface area contributed by atoms with Crippen LogP contribution in [0.15, 0.2) is 47.3 Å². The average Bonchev–Trinajstić information content (AvgIpc) is 2.62. The fourth-order valence-electron chi connectivity index (χ4n) is 2.52. The fraction of sp³-hybridized carbons (Fsp3) is 0.167. The lowest BCUT2D eigenvalue weighted by Crippen LogP contribution is -2.15. The Morgan fingerprint density at radius 3 is 2.44 bits per heavy atom. The first kappa shape index (κ1) is 19.1. The Bertz CT molecular complexity index is 1020. The van der Waals surface area contributed by atoms with Crippen LogP contribution in [-0.2, 0) is 12.7 Å². The Morgan fingerprint density at radius 1 is 1.11 bits per heavy atom. The highest BCUT2D eigenvalue weighted by Crippen LogP contribution is 2.31. The monoisotopic (exact) mass is 394 g/mol. The number of benzene rings is 2. The van der Waals surface area contributed by atoms with Gasteiger partial charge in [0.05, 0.1) is 10.6 Å². The second-order valence-electron chi connectivity index (χ2n) is 5.75. The third kappa shape index (κ3) is 4.35. The summed E-state index contributed by atoms with van der Waals surface area (Å²) < 4.78 is 38.1. The molecule has 0 atom stereocenters. The van der Waals surface area contributed by atoms with E-state index in [1.165, 1.54) is 12.1 Å². The molecule has 0 saturated carbocycles. The van der Waals surface area contributed by atoms with Gasteiger partial charge >= 0.3 is 11.9 Å². The number of halogens is 4. The highest BCUT2D eigenvalue weighted by Gasteiger charge is 2.30. The van der Waals surface area contributed by atoms with E-state index in [1.54, 1.807) is 19.2 Å². The summed E-state index contributed by atoms with van der Waals surface area (Å²) in [4.78, 5) is 22.5. The van der Waals surface area contributed by atoms with Crippen LogP contribution in [0.5, 0.6) is 0 Å². The number of hydrogen-bond acceptors (Lipinski definition) is 4. The van der Waals surface area contributed by atoms with E-state index in [0.717, 1.165) is 17.7 Å². The van der Waals surface area contributed by atoms with Gasteiger partial charge in [-0.05, 0) is 36.9 Å². The second kappa shape index (κ2) is 7.50. The zero-order valence-electron chi connectivity index (χ0n) is 14.1. The molecule has 0 radical (unpaired) electrons. The molecule has 0 amide bonds. The zero-order valence-corrected chi connectivity index (χ0v) is 14.8. The molecule has 1 aromatic heterocycles. The quantitative estimate of drug-likeness (QED) is 0.704. The number of hydrogen-bond donors (Lipinski definition) is 2. The maximum atomic E-state index is 12.7. The lowest BCUT2D eigenvalue weighted by atomic mass is 10.1. The van der Waals surface area contributed by atoms with Crippen molar-refractivity contribution >= 4 is 11.6 Å². The molecule has 140 valence electrons. The molecule has 2 N–H and O–H groups in total. The van der Waals surface area contributed by atoms with Gasteiger partial charge in [-0.25, -0.2) is 9.78 Å². The highest BCUT2D eigenvalue weighted by molar-refractivity contribution is 6.33. The molecule has 0 aliphatic carbocycles. The lowest BCUT2D eigenvalue weighted by Gasteiger charge is -2.09. The summed E-state index contributed by atoms with van der Waals surface area (Å²) >= 11 is 6.22. The molecule has 1 heterocycles. The molecule has 9 heteroatoms. The standard InChI is InChI=1S/C18H14ClF3N4O/c1-23-9-10-2-7-14(19)13(8-10)16-24-15(25-17(27)26-16)11-3-5-12(6-4-11)18(20,21)22/h2-8,23H,9H2,1H3,(H,24,25,26,27). The number of alkyl halides is 3. The summed E-state index contributed by atoms with van der Waals surface area (Å²) in [5, 5.41) is 3.39. The molecule has 2 aromatic carbocycles. The number of nitrogens with zero attached hydrogens (tertiary/aromatic N) is 2. The molecule has 0 saturated heterocycles. The van der Waals surface area contributed by atoms with Gasteiger partial charge in [-0.1, -0.05) is 29.8 Å². The summed E-state index contributed by atoms with van der Waals surface area (Å²) in [7, 11) is 1.80. The van der Waals surface area contributed by atoms with Crippen molar-refractivity contribution in [3.8, 4) is 22.8 Å². The molecular formula is C18H14ClF3N4O. The van der Waals surface area contributed by atoms with Crippen LogP contribution in [0.3, 0.4) is 0 Å². The largest absolute Gasteiger partial charge is 0.416 e. The fourth-order valence-corrected chi connectivity index (χ4v) is 2.72. The normalized spacial score (nSPS) is 11.6. The third-order valence-corrected chi connectivity index (χ3v) is 4.12. The Morgan fingerprint density at radius 2 is 1.81 bits per heavy atom. The molecule has 0 spiro atoms. The number of nitrogens with one attached hydrogen (secondary N) is 2. The van der Waals surface area contributed by atoms with Gasteiger partial charge in [0.15, 0.2) is 5.82 Å². The molecule has 0 unspecified atom stereocenters. The smallest absolute Gasteiger partial charge is 0.316 e. The van der Waals surface area contributed by atoms with E-state index in [9.17, 15) is 18.0 Å². The predicted molar refractivity (Wildman–Crippen MR) is 96.3 cm³/mol. The maximum Gasteiger partial charge on any atom is 0.416 e. The van der Waals surface area contributed by atoms with Crippen molar-refractivity contribution in [3.05, 3.63) is 69.1 Å². The number of aromatic amines is 1. The van der Waals surface area contributed by atoms with E-state index in [-0.39, 0.29) is 17.2 Å². The Kier molecular flexibility index (Phi) is 5.29. The maximum absolute atomic E-state index is 12.7. The van der Waals surface area contributed by atoms with Gasteiger partial charge in [-0.2, -0.15) is 18.2 Å². The van der Waals surface area contributed by atoms with Crippen molar-refractivity contribution < 1.29 is 13.2 Å². The van der Waals surface area contributed by atoms with E-state index < -0.39 is 17.4 Å². The van der Waals surface area contributed by atoms with Crippen molar-refractivity contribution in [2.45, 2.75) is 12.7 Å². The van der Waals surface area contributed by atoms with E-state index in [0.29, 0.717) is 17.1 Å². The van der Waals surface area contributed by atoms with Crippen molar-refractivity contribution in [3.63, 3.8) is 0 Å². The minimum atomic E-state index is -4.44. The first-order chi connectivity index (χ1) is 12.8. The van der Waals surface area contributed by atoms with Crippen LogP contribution < -0.4 is 11.0 Å². The van der Waals surface area contributed by atoms with Gasteiger partial charge in [0, 0.05) is 17.7 Å². The molecule has 3 rings (SSSR count). The third-order valence-electron chi connectivity index (χ3n) is 3.79. The number of aromatic nitrogens is 3. The van der Waals surface area contributed by atoms with Gasteiger partial charge in [-0.15, -0.1) is 0 Å². The van der Waals surface area contributed by atoms with Crippen LogP contribution in [0.1, 0.15) is 11.1 Å². The summed E-state index contributed by atoms with van der Waals surface area (Å²) in [5.74, 6) is 0.199. The second-order valence-corrected chi connectivity index (χ2v) is 6.15. The summed E-state index contributed by atoms with van der Waals surface area (Å²) in [5.41, 5.74) is 0.242. The van der Waals surface area contributed by atoms with E-state index >= 15 is 0 Å². The molecule has 5 nitrogen and oxygen atoms in total. The van der Waals surface area contributed by atoms with E-state index in [1.807, 2.05) is 6.07 Å². The van der Waals surface area contributed by atoms with Crippen molar-refractivity contribution in [1.82, 2.24) is 20.3 Å². The molecule has 0 aliphatic heterocycles. The molecule has 0 fully saturated rings. The minimum absolute atomic E-state index is 0.0116. The van der Waals surface area contributed by atoms with E-state index in [2.05, 4.69) is 20.3 Å². The Labute approximate surface area is 157 Å². The molecular weight excluding hydrogens is 381 g/mol. The highest BCUT2D eigenvalue weighted by atomic mass is 35.5. The minimum Gasteiger partial charge on any atom is -0.316 e. The first-order valence-corrected chi connectivity index (χ1v) is 8.25. The Balaban J connectivity index is 2.05. The first-order valence-electron chi connectivity index (χ1n) is 7.87. The lowest BCUT2D eigenvalue weighted by molar-refractivity contribution is -0.137. The summed E-state index contributed by atoms with van der Waals surface area (Å²) in [6.45, 7) is 0.589. The number of rotatable bonds is 4. The SMILES string of the molecule is CNCc1ccc(Cl)c(-c2nc(-c3ccc(C(F)(F)F)cc3)nc(=O)[nH]2)c1. The van der Waals surface area contributed by atoms with Crippen molar-refractivity contribution in [2.75, 3.05) is 7.05 Å². The summed E-state index contributed by atoms with van der Waals surface area (Å²) in [6.07, 6.45) is -4.44. The molecule has 0 bridgehead atoms. The van der Waals surface area contributed by atoms with Crippen LogP contribution in [-0.4, -0.2) is 22.0 Å². The van der Waals surface area contributed by atoms with Crippen LogP contribution >= 0.6 is 11.6 Å². The van der Waals surface area contributed by atoms with Crippen LogP contribution in [0.2, 0.25) is 5.02 Å². The van der Waals surface area contributed by atoms with E-state index in [4.69, 9.17) is 11.6 Å². The van der Waals surface area contributed by atoms with Gasteiger partial charge < -0.3 is 5.32 Å². The zero-order chi connectivity index (χ0) is 19.6. The van der Waals surface area contributed by atoms with Gasteiger partial charge in [0.2, 0.25) is 0 Å². The molecule has 3 aromatic rings. The van der Waals surface area contributed by atoms with Crippen LogP contribution in [0.4, 0.5) is 13.2 Å². The van der Waals surface area contributed by atoms with Crippen molar-refractivity contribution in [2.24, 2.45) is 0 Å². The summed E-state index contributed by atoms with van der Waals surface area (Å²) in [6, 6.07) is 9.56. The topological polar surface area (TPSA) is 70.7 Å². The van der Waals surface area contributed by atoms with Crippen molar-refractivity contribution in [1.29, 1.82) is 0 Å². The van der Waals surface area contributed by atoms with Gasteiger partial charge in [0.25, 0.3) is 0 Å². The number of H-pyrrole nitrogens is 1. The van der Waals surface area contributed by atoms with Crippen LogP contribution in [0.25, 0.3) is 22.8 Å².